The molecule has 0 bridgehead atoms. The zero-order valence-corrected chi connectivity index (χ0v) is 6.87. The minimum atomic E-state index is -1.35. The Bertz CT molecular complexity index is 314. The van der Waals surface area contributed by atoms with Gasteiger partial charge in [-0.3, -0.25) is 0 Å². The maximum absolute atomic E-state index is 13.0. The first-order valence-corrected chi connectivity index (χ1v) is 3.96. The smallest absolute Gasteiger partial charge is 0.231 e. The summed E-state index contributed by atoms with van der Waals surface area (Å²) in [7, 11) is 0. The van der Waals surface area contributed by atoms with Crippen molar-refractivity contribution in [2.45, 2.75) is 6.17 Å². The highest BCUT2D eigenvalue weighted by Crippen LogP contribution is 2.34. The highest BCUT2D eigenvalue weighted by Gasteiger charge is 2.16. The van der Waals surface area contributed by atoms with E-state index >= 15 is 0 Å². The van der Waals surface area contributed by atoms with Crippen molar-refractivity contribution in [3.05, 3.63) is 23.8 Å². The van der Waals surface area contributed by atoms with Gasteiger partial charge in [0.2, 0.25) is 6.79 Å². The predicted octanol–water partition coefficient (Wildman–Crippen LogP) is 1.42. The third kappa shape index (κ3) is 1.45. The molecule has 4 heteroatoms. The van der Waals surface area contributed by atoms with E-state index in [0.717, 1.165) is 0 Å². The van der Waals surface area contributed by atoms with Crippen LogP contribution in [-0.4, -0.2) is 18.5 Å². The molecule has 13 heavy (non-hydrogen) atoms. The highest BCUT2D eigenvalue weighted by atomic mass is 19.1. The van der Waals surface area contributed by atoms with Gasteiger partial charge < -0.3 is 14.6 Å². The van der Waals surface area contributed by atoms with Crippen molar-refractivity contribution in [1.29, 1.82) is 0 Å². The summed E-state index contributed by atoms with van der Waals surface area (Å²) in [5.41, 5.74) is 0.409. The van der Waals surface area contributed by atoms with Crippen molar-refractivity contribution in [1.82, 2.24) is 0 Å². The lowest BCUT2D eigenvalue weighted by Crippen LogP contribution is -1.96. The molecule has 0 saturated heterocycles. The van der Waals surface area contributed by atoms with E-state index in [1.807, 2.05) is 0 Å². The third-order valence-corrected chi connectivity index (χ3v) is 1.92. The van der Waals surface area contributed by atoms with Gasteiger partial charge in [0, 0.05) is 0 Å². The standard InChI is InChI=1S/C9H9FO3/c10-7(4-11)6-1-2-8-9(3-6)13-5-12-8/h1-3,7,11H,4-5H2. The number of hydrogen-bond donors (Lipinski definition) is 1. The molecule has 0 amide bonds. The Kier molecular flexibility index (Phi) is 2.06. The van der Waals surface area contributed by atoms with Gasteiger partial charge in [0.15, 0.2) is 11.5 Å². The van der Waals surface area contributed by atoms with E-state index in [2.05, 4.69) is 0 Å². The number of rotatable bonds is 2. The predicted molar refractivity (Wildman–Crippen MR) is 43.5 cm³/mol. The summed E-state index contributed by atoms with van der Waals surface area (Å²) in [4.78, 5) is 0. The molecular formula is C9H9FO3. The summed E-state index contributed by atoms with van der Waals surface area (Å²) in [6.07, 6.45) is -1.35. The second-order valence-electron chi connectivity index (χ2n) is 2.76. The molecule has 2 rings (SSSR count). The summed E-state index contributed by atoms with van der Waals surface area (Å²) in [5.74, 6) is 1.16. The maximum atomic E-state index is 13.0. The second kappa shape index (κ2) is 3.22. The van der Waals surface area contributed by atoms with Crippen molar-refractivity contribution in [3.8, 4) is 11.5 Å². The molecular weight excluding hydrogens is 175 g/mol. The first kappa shape index (κ1) is 8.31. The van der Waals surface area contributed by atoms with E-state index < -0.39 is 12.8 Å². The fourth-order valence-electron chi connectivity index (χ4n) is 1.21. The van der Waals surface area contributed by atoms with E-state index in [0.29, 0.717) is 17.1 Å². The molecule has 1 unspecified atom stereocenters. The van der Waals surface area contributed by atoms with Crippen molar-refractivity contribution in [2.75, 3.05) is 13.4 Å². The molecule has 1 N–H and O–H groups in total. The van der Waals surface area contributed by atoms with Crippen LogP contribution in [0.2, 0.25) is 0 Å². The van der Waals surface area contributed by atoms with Crippen LogP contribution in [-0.2, 0) is 0 Å². The number of ether oxygens (including phenoxy) is 2. The van der Waals surface area contributed by atoms with Crippen LogP contribution in [0.25, 0.3) is 0 Å². The molecule has 0 fully saturated rings. The number of hydrogen-bond acceptors (Lipinski definition) is 3. The summed E-state index contributed by atoms with van der Waals surface area (Å²) in [6.45, 7) is -0.339. The lowest BCUT2D eigenvalue weighted by atomic mass is 10.1. The molecule has 1 aliphatic heterocycles. The molecule has 0 aromatic heterocycles. The first-order chi connectivity index (χ1) is 6.31. The Labute approximate surface area is 74.7 Å². The zero-order chi connectivity index (χ0) is 9.26. The molecule has 0 radical (unpaired) electrons. The van der Waals surface area contributed by atoms with Crippen molar-refractivity contribution in [3.63, 3.8) is 0 Å². The van der Waals surface area contributed by atoms with E-state index in [1.54, 1.807) is 18.2 Å². The van der Waals surface area contributed by atoms with Gasteiger partial charge in [0.05, 0.1) is 6.61 Å². The molecule has 0 aliphatic carbocycles. The topological polar surface area (TPSA) is 38.7 Å². The van der Waals surface area contributed by atoms with Crippen LogP contribution in [0.15, 0.2) is 18.2 Å². The van der Waals surface area contributed by atoms with E-state index in [4.69, 9.17) is 14.6 Å². The van der Waals surface area contributed by atoms with Gasteiger partial charge in [-0.15, -0.1) is 0 Å². The van der Waals surface area contributed by atoms with Crippen LogP contribution in [0.4, 0.5) is 4.39 Å². The average Bonchev–Trinajstić information content (AvgIpc) is 2.63. The van der Waals surface area contributed by atoms with Gasteiger partial charge in [-0.05, 0) is 17.7 Å². The van der Waals surface area contributed by atoms with Crippen LogP contribution in [0.3, 0.4) is 0 Å². The van der Waals surface area contributed by atoms with Gasteiger partial charge in [0.25, 0.3) is 0 Å². The molecule has 3 nitrogen and oxygen atoms in total. The molecule has 1 aromatic rings. The number of benzene rings is 1. The first-order valence-electron chi connectivity index (χ1n) is 3.96. The Morgan fingerprint density at radius 1 is 1.38 bits per heavy atom. The molecule has 0 saturated carbocycles. The van der Waals surface area contributed by atoms with Gasteiger partial charge in [-0.1, -0.05) is 6.07 Å². The minimum absolute atomic E-state index is 0.175. The zero-order valence-electron chi connectivity index (χ0n) is 6.87. The third-order valence-electron chi connectivity index (χ3n) is 1.92. The summed E-state index contributed by atoms with van der Waals surface area (Å²) in [6, 6.07) is 4.76. The Balaban J connectivity index is 2.30. The van der Waals surface area contributed by atoms with Crippen LogP contribution >= 0.6 is 0 Å². The monoisotopic (exact) mass is 184 g/mol. The fraction of sp³-hybridized carbons (Fsp3) is 0.333. The van der Waals surface area contributed by atoms with Gasteiger partial charge in [0.1, 0.15) is 6.17 Å². The normalized spacial score (nSPS) is 15.8. The number of fused-ring (bicyclic) bond motifs is 1. The number of halogens is 1. The lowest BCUT2D eigenvalue weighted by molar-refractivity contribution is 0.172. The number of alkyl halides is 1. The Morgan fingerprint density at radius 2 is 2.15 bits per heavy atom. The lowest BCUT2D eigenvalue weighted by Gasteiger charge is -2.05. The number of aliphatic hydroxyl groups excluding tert-OH is 1. The van der Waals surface area contributed by atoms with E-state index in [9.17, 15) is 4.39 Å². The van der Waals surface area contributed by atoms with Crippen LogP contribution in [0, 0.1) is 0 Å². The molecule has 1 atom stereocenters. The Hall–Kier alpha value is -1.29. The number of aliphatic hydroxyl groups is 1. The molecule has 70 valence electrons. The summed E-state index contributed by atoms with van der Waals surface area (Å²) < 4.78 is 23.1. The molecule has 1 aromatic carbocycles. The molecule has 1 heterocycles. The Morgan fingerprint density at radius 3 is 2.92 bits per heavy atom. The molecule has 1 aliphatic rings. The second-order valence-corrected chi connectivity index (χ2v) is 2.76. The molecule has 0 spiro atoms. The minimum Gasteiger partial charge on any atom is -0.454 e. The van der Waals surface area contributed by atoms with Gasteiger partial charge in [-0.2, -0.15) is 0 Å². The SMILES string of the molecule is OCC(F)c1ccc2c(c1)OCO2. The van der Waals surface area contributed by atoms with Crippen molar-refractivity contribution in [2.24, 2.45) is 0 Å². The highest BCUT2D eigenvalue weighted by molar-refractivity contribution is 5.45. The fourth-order valence-corrected chi connectivity index (χ4v) is 1.21. The summed E-state index contributed by atoms with van der Waals surface area (Å²) in [5, 5.41) is 8.59. The van der Waals surface area contributed by atoms with Crippen molar-refractivity contribution < 1.29 is 19.0 Å². The van der Waals surface area contributed by atoms with E-state index in [-0.39, 0.29) is 6.79 Å². The van der Waals surface area contributed by atoms with E-state index in [1.165, 1.54) is 0 Å². The van der Waals surface area contributed by atoms with Crippen LogP contribution in [0.1, 0.15) is 11.7 Å². The van der Waals surface area contributed by atoms with Crippen LogP contribution < -0.4 is 9.47 Å². The maximum Gasteiger partial charge on any atom is 0.231 e. The van der Waals surface area contributed by atoms with Crippen LogP contribution in [0.5, 0.6) is 11.5 Å². The quantitative estimate of drug-likeness (QED) is 0.755. The van der Waals surface area contributed by atoms with Gasteiger partial charge in [-0.25, -0.2) is 4.39 Å². The summed E-state index contributed by atoms with van der Waals surface area (Å²) >= 11 is 0. The average molecular weight is 184 g/mol. The van der Waals surface area contributed by atoms with Crippen molar-refractivity contribution >= 4 is 0 Å². The largest absolute Gasteiger partial charge is 0.454 e. The van der Waals surface area contributed by atoms with Gasteiger partial charge >= 0.3 is 0 Å².